The average molecular weight is 314 g/mol. The van der Waals surface area contributed by atoms with Crippen LogP contribution in [-0.2, 0) is 6.54 Å². The lowest BCUT2D eigenvalue weighted by atomic mass is 10.1. The van der Waals surface area contributed by atoms with Crippen LogP contribution in [0, 0.1) is 0 Å². The van der Waals surface area contributed by atoms with Crippen molar-refractivity contribution in [2.24, 2.45) is 0 Å². The summed E-state index contributed by atoms with van der Waals surface area (Å²) in [6.45, 7) is 2.32. The molecule has 0 aromatic heterocycles. The Balaban J connectivity index is 1.53. The third-order valence-corrected chi connectivity index (χ3v) is 3.55. The van der Waals surface area contributed by atoms with Gasteiger partial charge in [-0.15, -0.1) is 0 Å². The highest BCUT2D eigenvalue weighted by atomic mass is 16.7. The summed E-state index contributed by atoms with van der Waals surface area (Å²) in [4.78, 5) is 11.9. The van der Waals surface area contributed by atoms with E-state index in [1.807, 2.05) is 24.3 Å². The molecule has 3 rings (SSSR count). The number of amides is 2. The molecule has 1 atom stereocenters. The van der Waals surface area contributed by atoms with Crippen molar-refractivity contribution >= 4 is 11.7 Å². The van der Waals surface area contributed by atoms with Crippen LogP contribution in [0.3, 0.4) is 0 Å². The fourth-order valence-electron chi connectivity index (χ4n) is 2.25. The van der Waals surface area contributed by atoms with Crippen LogP contribution in [-0.4, -0.2) is 17.9 Å². The number of fused-ring (bicyclic) bond motifs is 1. The van der Waals surface area contributed by atoms with Gasteiger partial charge in [0, 0.05) is 18.3 Å². The van der Waals surface area contributed by atoms with Gasteiger partial charge in [0.15, 0.2) is 11.5 Å². The molecular weight excluding hydrogens is 296 g/mol. The molecule has 6 nitrogen and oxygen atoms in total. The lowest BCUT2D eigenvalue weighted by Gasteiger charge is -2.09. The molecule has 0 unspecified atom stereocenters. The van der Waals surface area contributed by atoms with Crippen LogP contribution in [0.15, 0.2) is 42.5 Å². The molecule has 2 amide bonds. The molecule has 0 fully saturated rings. The van der Waals surface area contributed by atoms with Gasteiger partial charge in [0.25, 0.3) is 0 Å². The van der Waals surface area contributed by atoms with Gasteiger partial charge < -0.3 is 25.2 Å². The second-order valence-corrected chi connectivity index (χ2v) is 5.29. The zero-order valence-electron chi connectivity index (χ0n) is 12.7. The van der Waals surface area contributed by atoms with Crippen LogP contribution in [0.2, 0.25) is 0 Å². The number of carbonyl (C=O) groups is 1. The molecule has 6 heteroatoms. The minimum Gasteiger partial charge on any atom is -0.454 e. The topological polar surface area (TPSA) is 79.8 Å². The number of carbonyl (C=O) groups excluding carboxylic acids is 1. The van der Waals surface area contributed by atoms with Crippen molar-refractivity contribution in [2.75, 3.05) is 12.1 Å². The van der Waals surface area contributed by atoms with E-state index in [0.717, 1.165) is 11.1 Å². The molecule has 23 heavy (non-hydrogen) atoms. The predicted molar refractivity (Wildman–Crippen MR) is 85.5 cm³/mol. The van der Waals surface area contributed by atoms with Crippen LogP contribution >= 0.6 is 0 Å². The summed E-state index contributed by atoms with van der Waals surface area (Å²) in [5.74, 6) is 1.30. The largest absolute Gasteiger partial charge is 0.454 e. The number of urea groups is 1. The summed E-state index contributed by atoms with van der Waals surface area (Å²) in [6, 6.07) is 12.4. The second kappa shape index (κ2) is 6.58. The number of aliphatic hydroxyl groups is 1. The zero-order chi connectivity index (χ0) is 16.2. The molecule has 2 aromatic rings. The van der Waals surface area contributed by atoms with Crippen molar-refractivity contribution in [1.82, 2.24) is 5.32 Å². The Morgan fingerprint density at radius 1 is 1.17 bits per heavy atom. The van der Waals surface area contributed by atoms with E-state index < -0.39 is 6.10 Å². The van der Waals surface area contributed by atoms with Crippen molar-refractivity contribution in [2.45, 2.75) is 19.6 Å². The van der Waals surface area contributed by atoms with Crippen LogP contribution in [0.5, 0.6) is 11.5 Å². The summed E-state index contributed by atoms with van der Waals surface area (Å²) in [5.41, 5.74) is 2.44. The van der Waals surface area contributed by atoms with Gasteiger partial charge in [-0.3, -0.25) is 0 Å². The van der Waals surface area contributed by atoms with Gasteiger partial charge in [-0.25, -0.2) is 4.79 Å². The number of nitrogens with one attached hydrogen (secondary N) is 2. The number of anilines is 1. The number of rotatable bonds is 4. The van der Waals surface area contributed by atoms with Crippen molar-refractivity contribution < 1.29 is 19.4 Å². The van der Waals surface area contributed by atoms with Gasteiger partial charge >= 0.3 is 6.03 Å². The van der Waals surface area contributed by atoms with Crippen molar-refractivity contribution in [3.8, 4) is 11.5 Å². The summed E-state index contributed by atoms with van der Waals surface area (Å²) >= 11 is 0. The van der Waals surface area contributed by atoms with E-state index in [0.29, 0.717) is 23.7 Å². The third-order valence-electron chi connectivity index (χ3n) is 3.55. The average Bonchev–Trinajstić information content (AvgIpc) is 3.01. The molecule has 0 saturated heterocycles. The maximum atomic E-state index is 11.9. The SMILES string of the molecule is C[C@H](O)c1ccc(CNC(=O)Nc2ccc3c(c2)OCO3)cc1. The van der Waals surface area contributed by atoms with Crippen LogP contribution in [0.25, 0.3) is 0 Å². The highest BCUT2D eigenvalue weighted by Gasteiger charge is 2.14. The van der Waals surface area contributed by atoms with Crippen LogP contribution in [0.4, 0.5) is 10.5 Å². The predicted octanol–water partition coefficient (Wildman–Crippen LogP) is 2.79. The smallest absolute Gasteiger partial charge is 0.319 e. The number of ether oxygens (including phenoxy) is 2. The number of hydrogen-bond acceptors (Lipinski definition) is 4. The molecule has 1 heterocycles. The summed E-state index contributed by atoms with van der Waals surface area (Å²) in [5, 5.41) is 15.0. The standard InChI is InChI=1S/C17H18N2O4/c1-11(20)13-4-2-12(3-5-13)9-18-17(21)19-14-6-7-15-16(8-14)23-10-22-15/h2-8,11,20H,9-10H2,1H3,(H2,18,19,21)/t11-/m0/s1. The molecule has 0 bridgehead atoms. The molecule has 3 N–H and O–H groups in total. The fraction of sp³-hybridized carbons (Fsp3) is 0.235. The Hall–Kier alpha value is -2.73. The molecular formula is C17H18N2O4. The van der Waals surface area contributed by atoms with E-state index in [2.05, 4.69) is 10.6 Å². The maximum absolute atomic E-state index is 11.9. The first-order valence-corrected chi connectivity index (χ1v) is 7.33. The van der Waals surface area contributed by atoms with E-state index in [1.165, 1.54) is 0 Å². The quantitative estimate of drug-likeness (QED) is 0.811. The highest BCUT2D eigenvalue weighted by molar-refractivity contribution is 5.89. The van der Waals surface area contributed by atoms with E-state index in [1.54, 1.807) is 25.1 Å². The normalized spacial score (nSPS) is 13.5. The molecule has 120 valence electrons. The van der Waals surface area contributed by atoms with Gasteiger partial charge in [0.2, 0.25) is 6.79 Å². The zero-order valence-corrected chi connectivity index (χ0v) is 12.7. The lowest BCUT2D eigenvalue weighted by Crippen LogP contribution is -2.28. The van der Waals surface area contributed by atoms with E-state index in [-0.39, 0.29) is 12.8 Å². The molecule has 0 saturated carbocycles. The first-order valence-electron chi connectivity index (χ1n) is 7.33. The van der Waals surface area contributed by atoms with Crippen LogP contribution in [0.1, 0.15) is 24.2 Å². The fourth-order valence-corrected chi connectivity index (χ4v) is 2.25. The number of benzene rings is 2. The Kier molecular flexibility index (Phi) is 4.34. The summed E-state index contributed by atoms with van der Waals surface area (Å²) in [6.07, 6.45) is -0.494. The Morgan fingerprint density at radius 3 is 2.65 bits per heavy atom. The van der Waals surface area contributed by atoms with Crippen LogP contribution < -0.4 is 20.1 Å². The minimum absolute atomic E-state index is 0.202. The number of hydrogen-bond donors (Lipinski definition) is 3. The Bertz CT molecular complexity index is 698. The number of aliphatic hydroxyl groups excluding tert-OH is 1. The first kappa shape index (κ1) is 15.2. The van der Waals surface area contributed by atoms with Gasteiger partial charge in [-0.2, -0.15) is 0 Å². The van der Waals surface area contributed by atoms with Gasteiger partial charge in [0.1, 0.15) is 0 Å². The summed E-state index contributed by atoms with van der Waals surface area (Å²) < 4.78 is 10.5. The third kappa shape index (κ3) is 3.73. The Morgan fingerprint density at radius 2 is 1.91 bits per heavy atom. The molecule has 0 spiro atoms. The van der Waals surface area contributed by atoms with Gasteiger partial charge in [0.05, 0.1) is 6.10 Å². The van der Waals surface area contributed by atoms with Crippen molar-refractivity contribution in [3.63, 3.8) is 0 Å². The monoisotopic (exact) mass is 314 g/mol. The molecule has 1 aliphatic heterocycles. The maximum Gasteiger partial charge on any atom is 0.319 e. The molecule has 1 aliphatic rings. The molecule has 0 aliphatic carbocycles. The Labute approximate surface area is 134 Å². The summed E-state index contributed by atoms with van der Waals surface area (Å²) in [7, 11) is 0. The van der Waals surface area contributed by atoms with Crippen molar-refractivity contribution in [3.05, 3.63) is 53.6 Å². The highest BCUT2D eigenvalue weighted by Crippen LogP contribution is 2.34. The second-order valence-electron chi connectivity index (χ2n) is 5.29. The van der Waals surface area contributed by atoms with Crippen molar-refractivity contribution in [1.29, 1.82) is 0 Å². The van der Waals surface area contributed by atoms with E-state index >= 15 is 0 Å². The minimum atomic E-state index is -0.494. The van der Waals surface area contributed by atoms with E-state index in [4.69, 9.17) is 9.47 Å². The van der Waals surface area contributed by atoms with E-state index in [9.17, 15) is 9.90 Å². The van der Waals surface area contributed by atoms with Gasteiger partial charge in [-0.05, 0) is 30.2 Å². The van der Waals surface area contributed by atoms with Gasteiger partial charge in [-0.1, -0.05) is 24.3 Å². The molecule has 0 radical (unpaired) electrons. The molecule has 2 aromatic carbocycles. The lowest BCUT2D eigenvalue weighted by molar-refractivity contribution is 0.174. The first-order chi connectivity index (χ1) is 11.1.